The monoisotopic (exact) mass is 289 g/mol. The molecule has 4 nitrogen and oxygen atoms in total. The maximum Gasteiger partial charge on any atom is 0.253 e. The molecule has 0 aromatic heterocycles. The quantitative estimate of drug-likeness (QED) is 0.760. The van der Waals surface area contributed by atoms with Crippen LogP contribution in [-0.4, -0.2) is 5.91 Å². The molecule has 2 aromatic rings. The molecule has 5 N–H and O–H groups in total. The second kappa shape index (κ2) is 5.84. The number of anilines is 2. The molecule has 1 atom stereocenters. The van der Waals surface area contributed by atoms with E-state index in [-0.39, 0.29) is 11.9 Å². The molecule has 0 saturated heterocycles. The molecule has 0 bridgehead atoms. The van der Waals surface area contributed by atoms with Crippen molar-refractivity contribution in [3.63, 3.8) is 0 Å². The molecule has 2 aromatic carbocycles. The van der Waals surface area contributed by atoms with E-state index < -0.39 is 0 Å². The van der Waals surface area contributed by atoms with Gasteiger partial charge in [0.1, 0.15) is 0 Å². The molecule has 0 aliphatic heterocycles. The van der Waals surface area contributed by atoms with Crippen LogP contribution in [0.2, 0.25) is 5.02 Å². The predicted octanol–water partition coefficient (Wildman–Crippen LogP) is 3.00. The largest absolute Gasteiger partial charge is 0.399 e. The minimum absolute atomic E-state index is 0.215. The standard InChI is InChI=1S/C15H16ClN3O/c1-9(11-4-2-3-5-13(11)16)19-15(20)12-7-6-10(17)8-14(12)18/h2-9H,17-18H2,1H3,(H,19,20). The Labute approximate surface area is 122 Å². The fraction of sp³-hybridized carbons (Fsp3) is 0.133. The van der Waals surface area contributed by atoms with Crippen molar-refractivity contribution in [1.29, 1.82) is 0 Å². The molecule has 0 radical (unpaired) electrons. The fourth-order valence-electron chi connectivity index (χ4n) is 1.97. The van der Waals surface area contributed by atoms with Gasteiger partial charge in [-0.15, -0.1) is 0 Å². The van der Waals surface area contributed by atoms with E-state index in [0.29, 0.717) is 22.0 Å². The third-order valence-corrected chi connectivity index (χ3v) is 3.38. The van der Waals surface area contributed by atoms with Crippen molar-refractivity contribution in [2.45, 2.75) is 13.0 Å². The number of carbonyl (C=O) groups excluding carboxylic acids is 1. The van der Waals surface area contributed by atoms with E-state index in [4.69, 9.17) is 23.1 Å². The number of nitrogens with one attached hydrogen (secondary N) is 1. The Kier molecular flexibility index (Phi) is 4.15. The Balaban J connectivity index is 2.17. The lowest BCUT2D eigenvalue weighted by Crippen LogP contribution is -2.27. The topological polar surface area (TPSA) is 81.1 Å². The van der Waals surface area contributed by atoms with Gasteiger partial charge in [-0.25, -0.2) is 0 Å². The minimum Gasteiger partial charge on any atom is -0.399 e. The van der Waals surface area contributed by atoms with Crippen LogP contribution in [0.15, 0.2) is 42.5 Å². The van der Waals surface area contributed by atoms with Gasteiger partial charge in [0.15, 0.2) is 0 Å². The summed E-state index contributed by atoms with van der Waals surface area (Å²) in [5, 5.41) is 3.49. The Hall–Kier alpha value is -2.20. The number of amides is 1. The predicted molar refractivity (Wildman–Crippen MR) is 82.6 cm³/mol. The number of halogens is 1. The maximum absolute atomic E-state index is 12.2. The molecular weight excluding hydrogens is 274 g/mol. The lowest BCUT2D eigenvalue weighted by atomic mass is 10.1. The zero-order valence-electron chi connectivity index (χ0n) is 11.1. The van der Waals surface area contributed by atoms with Crippen molar-refractivity contribution in [1.82, 2.24) is 5.32 Å². The van der Waals surface area contributed by atoms with Crippen LogP contribution in [-0.2, 0) is 0 Å². The molecule has 0 heterocycles. The van der Waals surface area contributed by atoms with Crippen molar-refractivity contribution >= 4 is 28.9 Å². The van der Waals surface area contributed by atoms with Gasteiger partial charge in [0.2, 0.25) is 0 Å². The molecule has 0 spiro atoms. The van der Waals surface area contributed by atoms with Gasteiger partial charge in [-0.3, -0.25) is 4.79 Å². The number of nitrogen functional groups attached to an aromatic ring is 2. The smallest absolute Gasteiger partial charge is 0.253 e. The van der Waals surface area contributed by atoms with Gasteiger partial charge in [-0.1, -0.05) is 29.8 Å². The molecule has 0 aliphatic rings. The highest BCUT2D eigenvalue weighted by Gasteiger charge is 2.15. The Bertz CT molecular complexity index is 643. The van der Waals surface area contributed by atoms with Gasteiger partial charge in [-0.2, -0.15) is 0 Å². The first-order chi connectivity index (χ1) is 9.49. The summed E-state index contributed by atoms with van der Waals surface area (Å²) in [7, 11) is 0. The fourth-order valence-corrected chi connectivity index (χ4v) is 2.27. The molecular formula is C15H16ClN3O. The highest BCUT2D eigenvalue weighted by atomic mass is 35.5. The number of nitrogens with two attached hydrogens (primary N) is 2. The summed E-state index contributed by atoms with van der Waals surface area (Å²) >= 11 is 6.11. The molecule has 2 rings (SSSR count). The highest BCUT2D eigenvalue weighted by Crippen LogP contribution is 2.23. The van der Waals surface area contributed by atoms with Crippen molar-refractivity contribution in [2.75, 3.05) is 11.5 Å². The van der Waals surface area contributed by atoms with E-state index in [2.05, 4.69) is 5.32 Å². The number of hydrogen-bond acceptors (Lipinski definition) is 3. The normalized spacial score (nSPS) is 11.9. The van der Waals surface area contributed by atoms with E-state index in [9.17, 15) is 4.79 Å². The van der Waals surface area contributed by atoms with Gasteiger partial charge in [-0.05, 0) is 36.8 Å². The lowest BCUT2D eigenvalue weighted by Gasteiger charge is -2.16. The number of rotatable bonds is 3. The van der Waals surface area contributed by atoms with Gasteiger partial charge >= 0.3 is 0 Å². The number of hydrogen-bond donors (Lipinski definition) is 3. The third kappa shape index (κ3) is 3.03. The summed E-state index contributed by atoms with van der Waals surface area (Å²) in [6, 6.07) is 12.0. The minimum atomic E-state index is -0.255. The van der Waals surface area contributed by atoms with Crippen LogP contribution in [0.25, 0.3) is 0 Å². The first-order valence-electron chi connectivity index (χ1n) is 6.19. The van der Waals surface area contributed by atoms with E-state index in [0.717, 1.165) is 5.56 Å². The zero-order valence-corrected chi connectivity index (χ0v) is 11.8. The summed E-state index contributed by atoms with van der Waals surface area (Å²) in [4.78, 5) is 12.2. The Morgan fingerprint density at radius 1 is 1.20 bits per heavy atom. The Morgan fingerprint density at radius 3 is 2.55 bits per heavy atom. The Morgan fingerprint density at radius 2 is 1.90 bits per heavy atom. The molecule has 1 amide bonds. The van der Waals surface area contributed by atoms with Crippen LogP contribution in [0.1, 0.15) is 28.9 Å². The van der Waals surface area contributed by atoms with Crippen LogP contribution >= 0.6 is 11.6 Å². The molecule has 0 fully saturated rings. The maximum atomic E-state index is 12.2. The van der Waals surface area contributed by atoms with E-state index in [1.165, 1.54) is 0 Å². The van der Waals surface area contributed by atoms with E-state index >= 15 is 0 Å². The van der Waals surface area contributed by atoms with Crippen LogP contribution in [0.3, 0.4) is 0 Å². The van der Waals surface area contributed by atoms with Crippen molar-refractivity contribution in [3.8, 4) is 0 Å². The van der Waals surface area contributed by atoms with Crippen molar-refractivity contribution in [3.05, 3.63) is 58.6 Å². The van der Waals surface area contributed by atoms with Gasteiger partial charge in [0.25, 0.3) is 5.91 Å². The number of carbonyl (C=O) groups is 1. The average molecular weight is 290 g/mol. The average Bonchev–Trinajstić information content (AvgIpc) is 2.38. The summed E-state index contributed by atoms with van der Waals surface area (Å²) in [5.41, 5.74) is 13.6. The third-order valence-electron chi connectivity index (χ3n) is 3.04. The van der Waals surface area contributed by atoms with Crippen LogP contribution < -0.4 is 16.8 Å². The molecule has 0 saturated carbocycles. The van der Waals surface area contributed by atoms with Crippen LogP contribution in [0, 0.1) is 0 Å². The summed E-state index contributed by atoms with van der Waals surface area (Å²) in [6.45, 7) is 1.87. The molecule has 104 valence electrons. The summed E-state index contributed by atoms with van der Waals surface area (Å²) < 4.78 is 0. The second-order valence-corrected chi connectivity index (χ2v) is 4.97. The number of benzene rings is 2. The molecule has 1 unspecified atom stereocenters. The van der Waals surface area contributed by atoms with Crippen molar-refractivity contribution in [2.24, 2.45) is 0 Å². The van der Waals surface area contributed by atoms with E-state index in [1.54, 1.807) is 24.3 Å². The second-order valence-electron chi connectivity index (χ2n) is 4.56. The SMILES string of the molecule is CC(NC(=O)c1ccc(N)cc1N)c1ccccc1Cl. The van der Waals surface area contributed by atoms with Gasteiger partial charge in [0, 0.05) is 16.4 Å². The molecule has 0 aliphatic carbocycles. The zero-order chi connectivity index (χ0) is 14.7. The van der Waals surface area contributed by atoms with Gasteiger partial charge < -0.3 is 16.8 Å². The molecule has 5 heteroatoms. The summed E-state index contributed by atoms with van der Waals surface area (Å²) in [6.07, 6.45) is 0. The van der Waals surface area contributed by atoms with Gasteiger partial charge in [0.05, 0.1) is 11.6 Å². The first kappa shape index (κ1) is 14.2. The highest BCUT2D eigenvalue weighted by molar-refractivity contribution is 6.31. The first-order valence-corrected chi connectivity index (χ1v) is 6.57. The summed E-state index contributed by atoms with van der Waals surface area (Å²) in [5.74, 6) is -0.255. The van der Waals surface area contributed by atoms with Crippen LogP contribution in [0.4, 0.5) is 11.4 Å². The van der Waals surface area contributed by atoms with Crippen LogP contribution in [0.5, 0.6) is 0 Å². The lowest BCUT2D eigenvalue weighted by molar-refractivity contribution is 0.0941. The van der Waals surface area contributed by atoms with E-state index in [1.807, 2.05) is 25.1 Å². The van der Waals surface area contributed by atoms with Crippen molar-refractivity contribution < 1.29 is 4.79 Å². The molecule has 20 heavy (non-hydrogen) atoms.